The van der Waals surface area contributed by atoms with Crippen molar-refractivity contribution in [3.8, 4) is 69.0 Å². The molecule has 138 heavy (non-hydrogen) atoms. The second-order valence-electron chi connectivity index (χ2n) is 33.8. The van der Waals surface area contributed by atoms with E-state index in [-0.39, 0.29) is 212 Å². The van der Waals surface area contributed by atoms with Gasteiger partial charge in [0.15, 0.2) is 34.9 Å². The predicted octanol–water partition coefficient (Wildman–Crippen LogP) is 20.4. The number of anilines is 6. The van der Waals surface area contributed by atoms with Crippen LogP contribution in [0.1, 0.15) is 131 Å². The molecule has 12 heterocycles. The lowest BCUT2D eigenvalue weighted by molar-refractivity contribution is -0.129. The molecule has 6 N–H and O–H groups in total. The topological polar surface area (TPSA) is 363 Å². The van der Waals surface area contributed by atoms with Gasteiger partial charge in [-0.05, 0) is 131 Å². The number of carbonyl (C=O) groups excluding carboxylic acids is 3. The summed E-state index contributed by atoms with van der Waals surface area (Å²) in [5.74, 6) is -8.66. The van der Waals surface area contributed by atoms with Gasteiger partial charge in [0, 0.05) is 112 Å². The minimum Gasteiger partial charge on any atom is -0.397 e. The van der Waals surface area contributed by atoms with Crippen LogP contribution in [0.4, 0.5) is 60.5 Å². The maximum Gasteiger partial charge on any atom is 0.276 e. The number of nitriles is 3. The van der Waals surface area contributed by atoms with Crippen LogP contribution in [0.3, 0.4) is 0 Å². The first-order valence-corrected chi connectivity index (χ1v) is 46.0. The van der Waals surface area contributed by atoms with Crippen molar-refractivity contribution in [1.29, 1.82) is 15.8 Å². The van der Waals surface area contributed by atoms with Gasteiger partial charge in [0.25, 0.3) is 16.7 Å². The van der Waals surface area contributed by atoms with E-state index in [1.165, 1.54) is 50.1 Å². The van der Waals surface area contributed by atoms with Crippen LogP contribution in [0, 0.1) is 89.7 Å². The van der Waals surface area contributed by atoms with Gasteiger partial charge in [-0.3, -0.25) is 57.4 Å². The third-order valence-electron chi connectivity index (χ3n) is 24.2. The number of piperazine rings is 3. The molecule has 3 atom stereocenters. The summed E-state index contributed by atoms with van der Waals surface area (Å²) in [4.78, 5) is 119. The number of hydrogen-bond acceptors (Lipinski definition) is 21. The first-order chi connectivity index (χ1) is 65.2. The molecule has 0 spiro atoms. The summed E-state index contributed by atoms with van der Waals surface area (Å²) in [6.45, 7) is 35.4. The zero-order valence-electron chi connectivity index (χ0n) is 75.8. The standard InChI is InChI=1S/3C32H28Cl3F2N7O2/c3*1-6-20(45)43-10-9-42(13-16(43)5)30-17-11-19(33)28(21-24(36)22(34)25(37)23(35)26(21)39)41-31(17)44(32(46)18(30)12-38)29-15(4)7-8-40-27(29)14(2)3/h3*6-8,11,14,16H,1,9-10,13,39H2,2-5H3/t3*16-/m111/s1. The molecule has 0 bridgehead atoms. The van der Waals surface area contributed by atoms with Crippen molar-refractivity contribution < 1.29 is 40.7 Å². The molecular formula is C96H84Cl9F6N21O6. The van der Waals surface area contributed by atoms with Crippen LogP contribution in [-0.4, -0.2) is 153 Å². The Hall–Kier alpha value is -12.7. The Balaban J connectivity index is 0.000000175. The van der Waals surface area contributed by atoms with Gasteiger partial charge in [-0.15, -0.1) is 0 Å². The van der Waals surface area contributed by atoms with Gasteiger partial charge >= 0.3 is 0 Å². The van der Waals surface area contributed by atoms with E-state index < -0.39 is 115 Å². The number of nitrogens with two attached hydrogens (primary N) is 3. The second kappa shape index (κ2) is 40.8. The van der Waals surface area contributed by atoms with Crippen LogP contribution in [0.5, 0.6) is 0 Å². The van der Waals surface area contributed by atoms with Crippen molar-refractivity contribution in [2.24, 2.45) is 0 Å². The smallest absolute Gasteiger partial charge is 0.276 e. The Morgan fingerprint density at radius 3 is 0.833 bits per heavy atom. The van der Waals surface area contributed by atoms with E-state index in [2.05, 4.69) is 52.9 Å². The molecule has 12 aromatic rings. The van der Waals surface area contributed by atoms with Crippen molar-refractivity contribution in [3.63, 3.8) is 0 Å². The molecule has 3 saturated heterocycles. The Labute approximate surface area is 831 Å². The van der Waals surface area contributed by atoms with E-state index in [9.17, 15) is 57.7 Å². The van der Waals surface area contributed by atoms with Gasteiger partial charge in [-0.25, -0.2) is 41.3 Å². The van der Waals surface area contributed by atoms with Crippen LogP contribution in [0.2, 0.25) is 45.2 Å². The predicted molar refractivity (Wildman–Crippen MR) is 531 cm³/mol. The Morgan fingerprint density at radius 1 is 0.399 bits per heavy atom. The third kappa shape index (κ3) is 18.0. The number of nitrogen functional groups attached to an aromatic ring is 3. The highest BCUT2D eigenvalue weighted by Gasteiger charge is 2.40. The van der Waals surface area contributed by atoms with Crippen LogP contribution in [-0.2, 0) is 14.4 Å². The van der Waals surface area contributed by atoms with Crippen LogP contribution >= 0.6 is 104 Å². The average molecular weight is 2060 g/mol. The largest absolute Gasteiger partial charge is 0.397 e. The van der Waals surface area contributed by atoms with Gasteiger partial charge in [0.05, 0.1) is 117 Å². The Bertz CT molecular complexity index is 6790. The summed E-state index contributed by atoms with van der Waals surface area (Å²) in [7, 11) is 0. The highest BCUT2D eigenvalue weighted by Crippen LogP contribution is 2.50. The number of carbonyl (C=O) groups is 3. The van der Waals surface area contributed by atoms with Crippen molar-refractivity contribution in [2.75, 3.05) is 90.8 Å². The number of aryl methyl sites for hydroxylation is 3. The number of halogens is 15. The molecule has 0 radical (unpaired) electrons. The third-order valence-corrected chi connectivity index (χ3v) is 27.1. The quantitative estimate of drug-likeness (QED) is 0.0282. The number of fused-ring (bicyclic) bond motifs is 3. The number of benzene rings is 3. The van der Waals surface area contributed by atoms with Crippen molar-refractivity contribution in [3.05, 3.63) is 255 Å². The Kier molecular flexibility index (Phi) is 30.3. The molecular weight excluding hydrogens is 1980 g/mol. The zero-order valence-corrected chi connectivity index (χ0v) is 82.6. The Morgan fingerprint density at radius 2 is 0.630 bits per heavy atom. The van der Waals surface area contributed by atoms with Gasteiger partial charge < -0.3 is 46.6 Å². The van der Waals surface area contributed by atoms with E-state index in [0.29, 0.717) is 50.8 Å². The monoisotopic (exact) mass is 2060 g/mol. The van der Waals surface area contributed by atoms with Crippen LogP contribution in [0.25, 0.3) is 83.9 Å². The molecule has 714 valence electrons. The molecule has 27 nitrogen and oxygen atoms in total. The zero-order chi connectivity index (χ0) is 101. The lowest BCUT2D eigenvalue weighted by Crippen LogP contribution is -2.54. The maximum absolute atomic E-state index is 15.6. The van der Waals surface area contributed by atoms with E-state index in [4.69, 9.17) is 137 Å². The van der Waals surface area contributed by atoms with E-state index in [1.807, 2.05) is 77.0 Å². The molecule has 3 amide bonds. The second-order valence-corrected chi connectivity index (χ2v) is 37.3. The first-order valence-electron chi connectivity index (χ1n) is 42.6. The van der Waals surface area contributed by atoms with E-state index in [1.54, 1.807) is 72.3 Å². The van der Waals surface area contributed by atoms with E-state index in [0.717, 1.165) is 0 Å². The molecule has 0 aliphatic carbocycles. The maximum atomic E-state index is 15.6. The molecule has 0 unspecified atom stereocenters. The lowest BCUT2D eigenvalue weighted by Gasteiger charge is -2.41. The minimum atomic E-state index is -1.24. The molecule has 3 fully saturated rings. The molecule has 9 aromatic heterocycles. The van der Waals surface area contributed by atoms with Gasteiger partial charge in [-0.2, -0.15) is 15.8 Å². The fourth-order valence-corrected chi connectivity index (χ4v) is 19.6. The van der Waals surface area contributed by atoms with Gasteiger partial charge in [-0.1, -0.05) is 166 Å². The molecule has 0 saturated carbocycles. The summed E-state index contributed by atoms with van der Waals surface area (Å²) in [5.41, 5.74) is 17.5. The van der Waals surface area contributed by atoms with Gasteiger partial charge in [0.2, 0.25) is 17.7 Å². The average Bonchev–Trinajstić information content (AvgIpc) is 0.726. The number of aromatic nitrogens is 9. The highest BCUT2D eigenvalue weighted by atomic mass is 35.5. The SMILES string of the molecule is C=CC(=O)N1CCN(c2c(C#N)c(=O)n(-c3c(C)ccnc3C(C)C)c3nc(-c4c(N)c(Cl)c(F)c(Cl)c4F)c(Cl)cc23)C[C@H]1C.C=CC(=O)N1CCN(c2c(C#N)c(=O)n(-c3c(C)ccnc3C(C)C)c3nc(-c4c(N)c(Cl)c(F)c(Cl)c4F)c(Cl)cc23)C[C@H]1C.C=CC(=O)N1CCN(c2c(C#N)c(=O)n(-c3c(C)ccnc3C(C)C)c3nc(-c4c(N)c(Cl)c(F)c(Cl)c4F)c(Cl)cc23)C[C@H]1C. The number of amides is 3. The number of nitrogens with zero attached hydrogens (tertiary/aromatic N) is 18. The first kappa shape index (κ1) is 103. The number of pyridine rings is 9. The van der Waals surface area contributed by atoms with Crippen LogP contribution in [0.15, 0.2) is 107 Å². The number of hydrogen-bond donors (Lipinski definition) is 3. The molecule has 3 aliphatic heterocycles. The molecule has 3 aromatic carbocycles. The molecule has 15 rings (SSSR count). The van der Waals surface area contributed by atoms with E-state index >= 15 is 13.2 Å². The fraction of sp³-hybridized carbons (Fsp3) is 0.281. The summed E-state index contributed by atoms with van der Waals surface area (Å²) < 4.78 is 94.1. The summed E-state index contributed by atoms with van der Waals surface area (Å²) in [6.07, 6.45) is 8.53. The summed E-state index contributed by atoms with van der Waals surface area (Å²) in [5, 5.41) is 27.2. The van der Waals surface area contributed by atoms with Crippen molar-refractivity contribution in [1.82, 2.24) is 58.3 Å². The molecule has 42 heteroatoms. The van der Waals surface area contributed by atoms with Crippen molar-refractivity contribution >= 4 is 189 Å². The van der Waals surface area contributed by atoms with Gasteiger partial charge in [0.1, 0.15) is 82.0 Å². The van der Waals surface area contributed by atoms with Crippen LogP contribution < -0.4 is 48.6 Å². The summed E-state index contributed by atoms with van der Waals surface area (Å²) in [6, 6.07) is 14.8. The molecule has 3 aliphatic rings. The minimum absolute atomic E-state index is 0.00372. The fourth-order valence-electron chi connectivity index (χ4n) is 17.6. The lowest BCUT2D eigenvalue weighted by atomic mass is 10.0. The normalized spacial score (nSPS) is 15.0. The summed E-state index contributed by atoms with van der Waals surface area (Å²) >= 11 is 56.3. The highest BCUT2D eigenvalue weighted by molar-refractivity contribution is 6.41. The van der Waals surface area contributed by atoms with Crippen molar-refractivity contribution in [2.45, 2.75) is 119 Å². The number of rotatable bonds is 15.